The van der Waals surface area contributed by atoms with Gasteiger partial charge < -0.3 is 22.1 Å². The number of unbranched alkanes of at least 4 members (excludes halogenated alkanes) is 18. The molecule has 0 heterocycles. The SMILES string of the molecule is CCCCCCCCCCCCO[P+](=O)[O-].CCCCCCCCCCCCO[P+](=O)[O-].[NH4+].[NH4+]. The molecule has 0 bridgehead atoms. The Kier molecular flexibility index (Phi) is 45.3. The normalized spacial score (nSPS) is 11.1. The summed E-state index contributed by atoms with van der Waals surface area (Å²) in [7, 11) is -5.27. The van der Waals surface area contributed by atoms with Gasteiger partial charge in [0.15, 0.2) is 0 Å². The Labute approximate surface area is 212 Å². The molecule has 0 rings (SSSR count). The van der Waals surface area contributed by atoms with Crippen molar-refractivity contribution in [2.24, 2.45) is 0 Å². The number of hydrogen-bond acceptors (Lipinski definition) is 6. The van der Waals surface area contributed by atoms with Gasteiger partial charge in [0, 0.05) is 0 Å². The van der Waals surface area contributed by atoms with Gasteiger partial charge in [-0.2, -0.15) is 0 Å². The first-order valence-electron chi connectivity index (χ1n) is 13.1. The summed E-state index contributed by atoms with van der Waals surface area (Å²) in [6, 6.07) is 0. The van der Waals surface area contributed by atoms with Gasteiger partial charge in [0.2, 0.25) is 0 Å². The van der Waals surface area contributed by atoms with Crippen molar-refractivity contribution in [3.63, 3.8) is 0 Å². The molecule has 0 aromatic rings. The van der Waals surface area contributed by atoms with E-state index in [-0.39, 0.29) is 12.3 Å². The summed E-state index contributed by atoms with van der Waals surface area (Å²) in [6.45, 7) is 5.18. The maximum Gasteiger partial charge on any atom is 0.488 e. The highest BCUT2D eigenvalue weighted by Crippen LogP contribution is 2.14. The van der Waals surface area contributed by atoms with Crippen LogP contribution in [0.25, 0.3) is 0 Å². The fourth-order valence-corrected chi connectivity index (χ4v) is 4.01. The minimum Gasteiger partial charge on any atom is -0.566 e. The van der Waals surface area contributed by atoms with E-state index in [1.807, 2.05) is 0 Å². The van der Waals surface area contributed by atoms with E-state index in [1.165, 1.54) is 103 Å². The molecule has 0 aliphatic rings. The van der Waals surface area contributed by atoms with Crippen molar-refractivity contribution in [3.8, 4) is 0 Å². The third-order valence-electron chi connectivity index (χ3n) is 5.39. The number of quaternary nitrogens is 2. The molecule has 0 saturated heterocycles. The summed E-state index contributed by atoms with van der Waals surface area (Å²) in [5.41, 5.74) is 0. The van der Waals surface area contributed by atoms with E-state index in [9.17, 15) is 18.9 Å². The average Bonchev–Trinajstić information content (AvgIpc) is 2.76. The molecule has 8 nitrogen and oxygen atoms in total. The summed E-state index contributed by atoms with van der Waals surface area (Å²) in [4.78, 5) is 20.1. The molecule has 208 valence electrons. The maximum atomic E-state index is 10.1. The van der Waals surface area contributed by atoms with Gasteiger partial charge >= 0.3 is 16.5 Å². The second-order valence-corrected chi connectivity index (χ2v) is 9.89. The molecular formula is C24H58N2O6P2+2. The molecule has 0 radical (unpaired) electrons. The zero-order valence-corrected chi connectivity index (χ0v) is 24.7. The first-order chi connectivity index (χ1) is 15.5. The lowest BCUT2D eigenvalue weighted by Crippen LogP contribution is -1.94. The quantitative estimate of drug-likeness (QED) is 0.0929. The average molecular weight is 533 g/mol. The second-order valence-electron chi connectivity index (χ2n) is 8.48. The second kappa shape index (κ2) is 37.5. The van der Waals surface area contributed by atoms with Crippen molar-refractivity contribution in [2.45, 2.75) is 142 Å². The topological polar surface area (TPSA) is 172 Å². The Bertz CT molecular complexity index is 372. The third-order valence-corrected chi connectivity index (χ3v) is 6.18. The van der Waals surface area contributed by atoms with Crippen LogP contribution in [0.1, 0.15) is 142 Å². The molecule has 0 aromatic heterocycles. The van der Waals surface area contributed by atoms with Gasteiger partial charge in [-0.15, -0.1) is 9.05 Å². The fraction of sp³-hybridized carbons (Fsp3) is 1.00. The van der Waals surface area contributed by atoms with E-state index in [0.29, 0.717) is 13.2 Å². The molecule has 8 N–H and O–H groups in total. The highest BCUT2D eigenvalue weighted by molar-refractivity contribution is 7.30. The van der Waals surface area contributed by atoms with Crippen molar-refractivity contribution in [1.82, 2.24) is 12.3 Å². The molecule has 0 spiro atoms. The predicted molar refractivity (Wildman–Crippen MR) is 143 cm³/mol. The highest BCUT2D eigenvalue weighted by atomic mass is 31.1. The van der Waals surface area contributed by atoms with Crippen molar-refractivity contribution >= 4 is 16.5 Å². The van der Waals surface area contributed by atoms with E-state index < -0.39 is 16.5 Å². The molecule has 2 unspecified atom stereocenters. The van der Waals surface area contributed by atoms with Gasteiger partial charge in [-0.1, -0.05) is 129 Å². The minimum atomic E-state index is -2.64. The smallest absolute Gasteiger partial charge is 0.488 e. The lowest BCUT2D eigenvalue weighted by Gasteiger charge is -2.01. The van der Waals surface area contributed by atoms with E-state index >= 15 is 0 Å². The van der Waals surface area contributed by atoms with Gasteiger partial charge in [0.05, 0.1) is 0 Å². The summed E-state index contributed by atoms with van der Waals surface area (Å²) >= 11 is 0. The zero-order chi connectivity index (χ0) is 24.1. The lowest BCUT2D eigenvalue weighted by molar-refractivity contribution is -0.186. The first kappa shape index (κ1) is 41.1. The highest BCUT2D eigenvalue weighted by Gasteiger charge is 2.00. The molecule has 10 heteroatoms. The van der Waals surface area contributed by atoms with Crippen molar-refractivity contribution in [1.29, 1.82) is 0 Å². The van der Waals surface area contributed by atoms with Crippen LogP contribution in [0.5, 0.6) is 0 Å². The van der Waals surface area contributed by atoms with E-state index in [2.05, 4.69) is 22.9 Å². The molecule has 0 aromatic carbocycles. The lowest BCUT2D eigenvalue weighted by atomic mass is 10.1. The Hall–Kier alpha value is -0.0400. The van der Waals surface area contributed by atoms with Crippen LogP contribution in [-0.4, -0.2) is 13.2 Å². The van der Waals surface area contributed by atoms with Crippen LogP contribution in [0, 0.1) is 0 Å². The van der Waals surface area contributed by atoms with Crippen molar-refractivity contribution in [3.05, 3.63) is 0 Å². The van der Waals surface area contributed by atoms with Crippen LogP contribution < -0.4 is 22.1 Å². The van der Waals surface area contributed by atoms with E-state index in [0.717, 1.165) is 25.7 Å². The maximum absolute atomic E-state index is 10.1. The monoisotopic (exact) mass is 532 g/mol. The largest absolute Gasteiger partial charge is 0.566 e. The zero-order valence-electron chi connectivity index (χ0n) is 22.9. The van der Waals surface area contributed by atoms with E-state index in [1.54, 1.807) is 0 Å². The summed E-state index contributed by atoms with van der Waals surface area (Å²) in [5, 5.41) is 0. The van der Waals surface area contributed by atoms with Crippen molar-refractivity contribution in [2.75, 3.05) is 13.2 Å². The first-order valence-corrected chi connectivity index (χ1v) is 15.3. The molecule has 0 fully saturated rings. The third kappa shape index (κ3) is 45.5. The van der Waals surface area contributed by atoms with E-state index in [4.69, 9.17) is 0 Å². The number of hydrogen-bond donors (Lipinski definition) is 2. The molecule has 0 aliphatic heterocycles. The number of rotatable bonds is 24. The summed E-state index contributed by atoms with van der Waals surface area (Å²) in [5.74, 6) is 0. The minimum absolute atomic E-state index is 0. The van der Waals surface area contributed by atoms with Crippen LogP contribution in [0.3, 0.4) is 0 Å². The van der Waals surface area contributed by atoms with Crippen LogP contribution in [-0.2, 0) is 18.2 Å². The Morgan fingerprint density at radius 2 is 0.647 bits per heavy atom. The van der Waals surface area contributed by atoms with Crippen LogP contribution >= 0.6 is 16.5 Å². The molecule has 0 saturated carbocycles. The van der Waals surface area contributed by atoms with Gasteiger partial charge in [0.1, 0.15) is 13.2 Å². The summed E-state index contributed by atoms with van der Waals surface area (Å²) < 4.78 is 29.1. The van der Waals surface area contributed by atoms with Crippen LogP contribution in [0.2, 0.25) is 0 Å². The van der Waals surface area contributed by atoms with Gasteiger partial charge in [-0.25, -0.2) is 0 Å². The predicted octanol–water partition coefficient (Wildman–Crippen LogP) is 8.64. The molecule has 0 aliphatic carbocycles. The standard InChI is InChI=1S/2C12H25O3P.2H3N/c2*1-2-3-4-5-6-7-8-9-10-11-12-15-16(13)14;;/h2*2-12H2,1H3;2*1H3/p+2. The molecule has 0 amide bonds. The van der Waals surface area contributed by atoms with Gasteiger partial charge in [-0.05, 0) is 22.0 Å². The van der Waals surface area contributed by atoms with Crippen LogP contribution in [0.15, 0.2) is 0 Å². The molecular weight excluding hydrogens is 474 g/mol. The van der Waals surface area contributed by atoms with Crippen LogP contribution in [0.4, 0.5) is 0 Å². The molecule has 34 heavy (non-hydrogen) atoms. The Balaban J connectivity index is -0.000000250. The molecule has 2 atom stereocenters. The summed E-state index contributed by atoms with van der Waals surface area (Å²) in [6.07, 6.45) is 25.0. The van der Waals surface area contributed by atoms with Crippen molar-refractivity contribution < 1.29 is 28.0 Å². The van der Waals surface area contributed by atoms with Gasteiger partial charge in [0.25, 0.3) is 0 Å². The Morgan fingerprint density at radius 3 is 0.853 bits per heavy atom. The Morgan fingerprint density at radius 1 is 0.441 bits per heavy atom. The fourth-order valence-electron chi connectivity index (χ4n) is 3.46. The van der Waals surface area contributed by atoms with Gasteiger partial charge in [-0.3, -0.25) is 0 Å².